The Morgan fingerprint density at radius 1 is 1.25 bits per heavy atom. The standard InChI is InChI=1S/C10H19N5O/c1-6-8(14-10(3,4)5-16)12-7(2)13-9(6)15-11/h16H,5,11H2,1-4H3,(H2,12,13,14,15). The van der Waals surface area contributed by atoms with Gasteiger partial charge in [-0.2, -0.15) is 0 Å². The molecule has 0 unspecified atom stereocenters. The van der Waals surface area contributed by atoms with E-state index in [1.165, 1.54) is 0 Å². The predicted molar refractivity (Wildman–Crippen MR) is 64.1 cm³/mol. The minimum absolute atomic E-state index is 0.0148. The van der Waals surface area contributed by atoms with Crippen molar-refractivity contribution in [2.75, 3.05) is 17.3 Å². The fourth-order valence-electron chi connectivity index (χ4n) is 1.25. The Hall–Kier alpha value is -1.40. The first-order valence-electron chi connectivity index (χ1n) is 5.10. The van der Waals surface area contributed by atoms with Gasteiger partial charge in [-0.1, -0.05) is 0 Å². The summed E-state index contributed by atoms with van der Waals surface area (Å²) in [5.41, 5.74) is 2.92. The normalized spacial score (nSPS) is 11.4. The van der Waals surface area contributed by atoms with E-state index in [2.05, 4.69) is 20.7 Å². The molecule has 0 saturated heterocycles. The maximum atomic E-state index is 9.20. The lowest BCUT2D eigenvalue weighted by atomic mass is 10.1. The molecule has 6 nitrogen and oxygen atoms in total. The van der Waals surface area contributed by atoms with E-state index in [-0.39, 0.29) is 6.61 Å². The van der Waals surface area contributed by atoms with Crippen LogP contribution in [-0.2, 0) is 0 Å². The fourth-order valence-corrected chi connectivity index (χ4v) is 1.25. The van der Waals surface area contributed by atoms with Gasteiger partial charge in [0.1, 0.15) is 17.5 Å². The van der Waals surface area contributed by atoms with Crippen molar-refractivity contribution in [2.24, 2.45) is 5.84 Å². The summed E-state index contributed by atoms with van der Waals surface area (Å²) in [4.78, 5) is 8.44. The number of nitrogen functional groups attached to an aromatic ring is 1. The van der Waals surface area contributed by atoms with Crippen LogP contribution in [0.15, 0.2) is 0 Å². The minimum atomic E-state index is -0.433. The van der Waals surface area contributed by atoms with Crippen LogP contribution >= 0.6 is 0 Å². The largest absolute Gasteiger partial charge is 0.394 e. The van der Waals surface area contributed by atoms with Gasteiger partial charge < -0.3 is 15.8 Å². The molecule has 5 N–H and O–H groups in total. The summed E-state index contributed by atoms with van der Waals surface area (Å²) >= 11 is 0. The predicted octanol–water partition coefficient (Wildman–Crippen LogP) is 0.562. The number of aliphatic hydroxyl groups is 1. The van der Waals surface area contributed by atoms with Crippen LogP contribution in [0.1, 0.15) is 25.2 Å². The Balaban J connectivity index is 3.09. The van der Waals surface area contributed by atoms with Crippen LogP contribution in [0.2, 0.25) is 0 Å². The van der Waals surface area contributed by atoms with E-state index in [4.69, 9.17) is 5.84 Å². The van der Waals surface area contributed by atoms with Crippen molar-refractivity contribution in [3.8, 4) is 0 Å². The molecule has 0 aromatic carbocycles. The quantitative estimate of drug-likeness (QED) is 0.442. The first kappa shape index (κ1) is 12.7. The molecule has 0 atom stereocenters. The number of nitrogens with one attached hydrogen (secondary N) is 2. The Bertz CT molecular complexity index is 378. The number of rotatable bonds is 4. The molecule has 0 amide bonds. The third kappa shape index (κ3) is 2.80. The zero-order valence-corrected chi connectivity index (χ0v) is 10.1. The Morgan fingerprint density at radius 3 is 2.31 bits per heavy atom. The van der Waals surface area contributed by atoms with Gasteiger partial charge in [-0.3, -0.25) is 0 Å². The molecular weight excluding hydrogens is 206 g/mol. The van der Waals surface area contributed by atoms with Gasteiger partial charge in [-0.25, -0.2) is 15.8 Å². The van der Waals surface area contributed by atoms with Crippen LogP contribution in [-0.4, -0.2) is 27.2 Å². The van der Waals surface area contributed by atoms with Crippen molar-refractivity contribution in [3.63, 3.8) is 0 Å². The van der Waals surface area contributed by atoms with Gasteiger partial charge in [-0.15, -0.1) is 0 Å². The molecule has 0 aliphatic rings. The van der Waals surface area contributed by atoms with Gasteiger partial charge in [0, 0.05) is 5.56 Å². The molecule has 0 saturated carbocycles. The van der Waals surface area contributed by atoms with Crippen LogP contribution in [0, 0.1) is 13.8 Å². The molecule has 0 bridgehead atoms. The van der Waals surface area contributed by atoms with Crippen molar-refractivity contribution in [3.05, 3.63) is 11.4 Å². The third-order valence-electron chi connectivity index (χ3n) is 2.25. The first-order chi connectivity index (χ1) is 7.39. The fraction of sp³-hybridized carbons (Fsp3) is 0.600. The smallest absolute Gasteiger partial charge is 0.148 e. The van der Waals surface area contributed by atoms with Crippen molar-refractivity contribution >= 4 is 11.6 Å². The van der Waals surface area contributed by atoms with Crippen LogP contribution in [0.5, 0.6) is 0 Å². The van der Waals surface area contributed by atoms with E-state index in [0.717, 1.165) is 5.56 Å². The highest BCUT2D eigenvalue weighted by Crippen LogP contribution is 2.21. The molecule has 1 rings (SSSR count). The average Bonchev–Trinajstić information content (AvgIpc) is 2.22. The van der Waals surface area contributed by atoms with E-state index in [9.17, 15) is 5.11 Å². The van der Waals surface area contributed by atoms with Crippen LogP contribution in [0.4, 0.5) is 11.6 Å². The lowest BCUT2D eigenvalue weighted by Crippen LogP contribution is -2.36. The highest BCUT2D eigenvalue weighted by atomic mass is 16.3. The Kier molecular flexibility index (Phi) is 3.66. The minimum Gasteiger partial charge on any atom is -0.394 e. The molecule has 1 heterocycles. The molecule has 0 aliphatic heterocycles. The number of anilines is 2. The molecule has 90 valence electrons. The monoisotopic (exact) mass is 225 g/mol. The van der Waals surface area contributed by atoms with E-state index in [1.54, 1.807) is 6.92 Å². The van der Waals surface area contributed by atoms with Gasteiger partial charge in [0.05, 0.1) is 12.1 Å². The van der Waals surface area contributed by atoms with E-state index >= 15 is 0 Å². The maximum absolute atomic E-state index is 9.20. The SMILES string of the molecule is Cc1nc(NN)c(C)c(NC(C)(C)CO)n1. The molecule has 0 aliphatic carbocycles. The van der Waals surface area contributed by atoms with Crippen molar-refractivity contribution in [1.29, 1.82) is 0 Å². The summed E-state index contributed by atoms with van der Waals surface area (Å²) in [6.45, 7) is 7.45. The molecule has 1 aromatic rings. The van der Waals surface area contributed by atoms with Crippen LogP contribution < -0.4 is 16.6 Å². The summed E-state index contributed by atoms with van der Waals surface area (Å²) in [7, 11) is 0. The molecule has 1 aromatic heterocycles. The summed E-state index contributed by atoms with van der Waals surface area (Å²) in [5, 5.41) is 12.4. The summed E-state index contributed by atoms with van der Waals surface area (Å²) in [6.07, 6.45) is 0. The van der Waals surface area contributed by atoms with Gasteiger partial charge in [-0.05, 0) is 27.7 Å². The van der Waals surface area contributed by atoms with Gasteiger partial charge in [0.15, 0.2) is 0 Å². The highest BCUT2D eigenvalue weighted by molar-refractivity contribution is 5.57. The second-order valence-electron chi connectivity index (χ2n) is 4.40. The van der Waals surface area contributed by atoms with E-state index < -0.39 is 5.54 Å². The lowest BCUT2D eigenvalue weighted by Gasteiger charge is -2.25. The van der Waals surface area contributed by atoms with E-state index in [0.29, 0.717) is 17.5 Å². The summed E-state index contributed by atoms with van der Waals surface area (Å²) < 4.78 is 0. The maximum Gasteiger partial charge on any atom is 0.148 e. The number of hydrogen-bond acceptors (Lipinski definition) is 6. The number of hydrazine groups is 1. The summed E-state index contributed by atoms with van der Waals surface area (Å²) in [5.74, 6) is 7.25. The molecule has 0 radical (unpaired) electrons. The number of hydrogen-bond donors (Lipinski definition) is 4. The molecular formula is C10H19N5O. The zero-order chi connectivity index (χ0) is 12.3. The second kappa shape index (κ2) is 4.63. The number of aromatic nitrogens is 2. The number of aryl methyl sites for hydroxylation is 1. The molecule has 0 fully saturated rings. The topological polar surface area (TPSA) is 96.1 Å². The average molecular weight is 225 g/mol. The van der Waals surface area contributed by atoms with Gasteiger partial charge >= 0.3 is 0 Å². The zero-order valence-electron chi connectivity index (χ0n) is 10.1. The lowest BCUT2D eigenvalue weighted by molar-refractivity contribution is 0.234. The Labute approximate surface area is 95.3 Å². The van der Waals surface area contributed by atoms with Gasteiger partial charge in [0.25, 0.3) is 0 Å². The number of aliphatic hydroxyl groups excluding tert-OH is 1. The third-order valence-corrected chi connectivity index (χ3v) is 2.25. The Morgan fingerprint density at radius 2 is 1.81 bits per heavy atom. The van der Waals surface area contributed by atoms with Gasteiger partial charge in [0.2, 0.25) is 0 Å². The molecule has 16 heavy (non-hydrogen) atoms. The van der Waals surface area contributed by atoms with Crippen molar-refractivity contribution < 1.29 is 5.11 Å². The van der Waals surface area contributed by atoms with Crippen molar-refractivity contribution in [2.45, 2.75) is 33.2 Å². The molecule has 6 heteroatoms. The van der Waals surface area contributed by atoms with Crippen LogP contribution in [0.25, 0.3) is 0 Å². The first-order valence-corrected chi connectivity index (χ1v) is 5.10. The second-order valence-corrected chi connectivity index (χ2v) is 4.40. The highest BCUT2D eigenvalue weighted by Gasteiger charge is 2.19. The van der Waals surface area contributed by atoms with E-state index in [1.807, 2.05) is 20.8 Å². The summed E-state index contributed by atoms with van der Waals surface area (Å²) in [6, 6.07) is 0. The van der Waals surface area contributed by atoms with Crippen molar-refractivity contribution in [1.82, 2.24) is 9.97 Å². The number of nitrogens with two attached hydrogens (primary N) is 1. The van der Waals surface area contributed by atoms with Crippen LogP contribution in [0.3, 0.4) is 0 Å². The molecule has 0 spiro atoms. The number of nitrogens with zero attached hydrogens (tertiary/aromatic N) is 2.